The van der Waals surface area contributed by atoms with Gasteiger partial charge in [-0.05, 0) is 5.56 Å². The number of nitrogens with zero attached hydrogens (tertiary/aromatic N) is 1. The topological polar surface area (TPSA) is 50.4 Å². The fraction of sp³-hybridized carbons (Fsp3) is 0.300. The third kappa shape index (κ3) is 1.82. The van der Waals surface area contributed by atoms with E-state index in [1.54, 1.807) is 30.3 Å². The maximum Gasteiger partial charge on any atom is 0.411 e. The first-order valence-corrected chi connectivity index (χ1v) is 4.70. The van der Waals surface area contributed by atoms with Gasteiger partial charge in [0.05, 0.1) is 5.92 Å². The molecule has 0 saturated carbocycles. The molecule has 1 aliphatic rings. The zero-order valence-electron chi connectivity index (χ0n) is 8.20. The maximum atomic E-state index is 12.7. The first-order valence-electron chi connectivity index (χ1n) is 4.70. The molecule has 0 spiro atoms. The van der Waals surface area contributed by atoms with Crippen molar-refractivity contribution in [1.82, 2.24) is 5.43 Å². The number of alkyl halides is 3. The van der Waals surface area contributed by atoms with E-state index in [9.17, 15) is 13.2 Å². The number of hydrazone groups is 1. The Labute approximate surface area is 90.1 Å². The highest BCUT2D eigenvalue weighted by Crippen LogP contribution is 2.34. The second-order valence-electron chi connectivity index (χ2n) is 3.57. The van der Waals surface area contributed by atoms with Crippen molar-refractivity contribution in [3.8, 4) is 0 Å². The molecule has 6 heteroatoms. The molecule has 1 aromatic rings. The Balaban J connectivity index is 2.34. The normalized spacial score (nSPS) is 25.1. The van der Waals surface area contributed by atoms with Crippen LogP contribution in [-0.4, -0.2) is 18.1 Å². The molecular formula is C10H10F3N3. The molecule has 0 bridgehead atoms. The molecule has 1 aromatic carbocycles. The van der Waals surface area contributed by atoms with Crippen LogP contribution < -0.4 is 11.2 Å². The van der Waals surface area contributed by atoms with Gasteiger partial charge in [-0.3, -0.25) is 5.43 Å². The molecule has 0 aliphatic carbocycles. The fourth-order valence-electron chi connectivity index (χ4n) is 1.74. The fourth-order valence-corrected chi connectivity index (χ4v) is 1.74. The molecule has 1 heterocycles. The molecule has 0 aromatic heterocycles. The summed E-state index contributed by atoms with van der Waals surface area (Å²) < 4.78 is 38.0. The van der Waals surface area contributed by atoms with E-state index in [1.807, 2.05) is 5.43 Å². The predicted molar refractivity (Wildman–Crippen MR) is 53.8 cm³/mol. The van der Waals surface area contributed by atoms with Gasteiger partial charge in [-0.2, -0.15) is 18.3 Å². The molecule has 0 amide bonds. The number of halogens is 3. The summed E-state index contributed by atoms with van der Waals surface area (Å²) in [5.41, 5.74) is 8.03. The lowest BCUT2D eigenvalue weighted by Gasteiger charge is -2.22. The second-order valence-corrected chi connectivity index (χ2v) is 3.57. The quantitative estimate of drug-likeness (QED) is 0.768. The summed E-state index contributed by atoms with van der Waals surface area (Å²) in [5.74, 6) is -0.977. The average molecular weight is 229 g/mol. The molecule has 0 radical (unpaired) electrons. The number of nitrogens with one attached hydrogen (secondary N) is 1. The van der Waals surface area contributed by atoms with Crippen molar-refractivity contribution in [2.75, 3.05) is 0 Å². The van der Waals surface area contributed by atoms with Crippen molar-refractivity contribution in [1.29, 1.82) is 0 Å². The van der Waals surface area contributed by atoms with Gasteiger partial charge in [-0.1, -0.05) is 30.3 Å². The van der Waals surface area contributed by atoms with Gasteiger partial charge in [-0.15, -0.1) is 0 Å². The Morgan fingerprint density at radius 2 is 1.81 bits per heavy atom. The van der Waals surface area contributed by atoms with E-state index in [-0.39, 0.29) is 5.84 Å². The summed E-state index contributed by atoms with van der Waals surface area (Å²) >= 11 is 0. The van der Waals surface area contributed by atoms with Crippen molar-refractivity contribution in [2.24, 2.45) is 10.8 Å². The van der Waals surface area contributed by atoms with E-state index in [0.29, 0.717) is 5.56 Å². The molecule has 0 fully saturated rings. The first-order chi connectivity index (χ1) is 7.50. The minimum Gasteiger partial charge on any atom is -0.385 e. The number of benzene rings is 1. The highest BCUT2D eigenvalue weighted by molar-refractivity contribution is 5.89. The summed E-state index contributed by atoms with van der Waals surface area (Å²) in [6.45, 7) is 0. The lowest BCUT2D eigenvalue weighted by Crippen LogP contribution is -2.42. The monoisotopic (exact) mass is 229 g/mol. The predicted octanol–water partition coefficient (Wildman–Crippen LogP) is 1.58. The summed E-state index contributed by atoms with van der Waals surface area (Å²) in [5, 5.41) is 3.47. The highest BCUT2D eigenvalue weighted by Gasteiger charge is 2.49. The van der Waals surface area contributed by atoms with Gasteiger partial charge in [0.1, 0.15) is 5.84 Å². The zero-order valence-corrected chi connectivity index (χ0v) is 8.20. The highest BCUT2D eigenvalue weighted by atomic mass is 19.4. The van der Waals surface area contributed by atoms with Gasteiger partial charge in [0.15, 0.2) is 6.04 Å². The Morgan fingerprint density at radius 1 is 1.19 bits per heavy atom. The number of amidine groups is 1. The van der Waals surface area contributed by atoms with E-state index in [0.717, 1.165) is 0 Å². The Kier molecular flexibility index (Phi) is 2.49. The van der Waals surface area contributed by atoms with Crippen LogP contribution in [0.3, 0.4) is 0 Å². The van der Waals surface area contributed by atoms with Gasteiger partial charge >= 0.3 is 6.18 Å². The van der Waals surface area contributed by atoms with Crippen LogP contribution in [0.15, 0.2) is 35.4 Å². The SMILES string of the molecule is NC1=NNC(C(F)(F)F)C1c1ccccc1. The van der Waals surface area contributed by atoms with Gasteiger partial charge in [0.25, 0.3) is 0 Å². The zero-order chi connectivity index (χ0) is 11.8. The second kappa shape index (κ2) is 3.70. The third-order valence-electron chi connectivity index (χ3n) is 2.50. The summed E-state index contributed by atoms with van der Waals surface area (Å²) in [6, 6.07) is 6.57. The minimum absolute atomic E-state index is 0.0338. The van der Waals surface area contributed by atoms with Crippen LogP contribution in [0.1, 0.15) is 11.5 Å². The number of rotatable bonds is 1. The minimum atomic E-state index is -4.37. The molecular weight excluding hydrogens is 219 g/mol. The summed E-state index contributed by atoms with van der Waals surface area (Å²) in [6.07, 6.45) is -4.37. The van der Waals surface area contributed by atoms with Gasteiger partial charge < -0.3 is 5.73 Å². The number of nitrogens with two attached hydrogens (primary N) is 1. The first kappa shape index (κ1) is 10.8. The van der Waals surface area contributed by atoms with Crippen LogP contribution in [0.25, 0.3) is 0 Å². The Morgan fingerprint density at radius 3 is 2.38 bits per heavy atom. The van der Waals surface area contributed by atoms with Crippen molar-refractivity contribution in [3.05, 3.63) is 35.9 Å². The van der Waals surface area contributed by atoms with Crippen molar-refractivity contribution in [3.63, 3.8) is 0 Å². The summed E-state index contributed by atoms with van der Waals surface area (Å²) in [4.78, 5) is 0. The molecule has 1 aliphatic heterocycles. The lowest BCUT2D eigenvalue weighted by atomic mass is 9.91. The van der Waals surface area contributed by atoms with Crippen molar-refractivity contribution >= 4 is 5.84 Å². The van der Waals surface area contributed by atoms with Crippen molar-refractivity contribution in [2.45, 2.75) is 18.1 Å². The lowest BCUT2D eigenvalue weighted by molar-refractivity contribution is -0.155. The van der Waals surface area contributed by atoms with Crippen LogP contribution >= 0.6 is 0 Å². The van der Waals surface area contributed by atoms with Crippen molar-refractivity contribution < 1.29 is 13.2 Å². The van der Waals surface area contributed by atoms with Gasteiger partial charge in [0, 0.05) is 0 Å². The third-order valence-corrected chi connectivity index (χ3v) is 2.50. The van der Waals surface area contributed by atoms with E-state index in [1.165, 1.54) is 0 Å². The van der Waals surface area contributed by atoms with E-state index < -0.39 is 18.1 Å². The van der Waals surface area contributed by atoms with E-state index in [2.05, 4.69) is 5.10 Å². The largest absolute Gasteiger partial charge is 0.411 e. The molecule has 2 unspecified atom stereocenters. The number of hydrogen-bond acceptors (Lipinski definition) is 3. The molecule has 2 atom stereocenters. The van der Waals surface area contributed by atoms with E-state index >= 15 is 0 Å². The molecule has 86 valence electrons. The molecule has 3 nitrogen and oxygen atoms in total. The maximum absolute atomic E-state index is 12.7. The molecule has 16 heavy (non-hydrogen) atoms. The van der Waals surface area contributed by atoms with Crippen LogP contribution in [0.4, 0.5) is 13.2 Å². The number of hydrogen-bond donors (Lipinski definition) is 2. The van der Waals surface area contributed by atoms with Crippen LogP contribution in [-0.2, 0) is 0 Å². The van der Waals surface area contributed by atoms with Gasteiger partial charge in [-0.25, -0.2) is 0 Å². The Bertz CT molecular complexity index is 400. The van der Waals surface area contributed by atoms with E-state index in [4.69, 9.17) is 5.73 Å². The smallest absolute Gasteiger partial charge is 0.385 e. The van der Waals surface area contributed by atoms with Crippen LogP contribution in [0.2, 0.25) is 0 Å². The molecule has 0 saturated heterocycles. The average Bonchev–Trinajstić information content (AvgIpc) is 2.61. The van der Waals surface area contributed by atoms with Gasteiger partial charge in [0.2, 0.25) is 0 Å². The molecule has 3 N–H and O–H groups in total. The standard InChI is InChI=1S/C10H10F3N3/c11-10(12,13)8-7(9(14)16-15-8)6-4-2-1-3-5-6/h1-5,7-8,15H,(H2,14,16). The van der Waals surface area contributed by atoms with Crippen LogP contribution in [0, 0.1) is 0 Å². The Hall–Kier alpha value is -1.72. The summed E-state index contributed by atoms with van der Waals surface area (Å²) in [7, 11) is 0. The van der Waals surface area contributed by atoms with Crippen LogP contribution in [0.5, 0.6) is 0 Å². The molecule has 2 rings (SSSR count).